The fraction of sp³-hybridized carbons (Fsp3) is 0. The standard InChI is InChI=1S/C16H10ClFN2O/c17-12-3-1-11(2-4-12)16-9-15(10-21)20(19-16)14-7-5-13(18)6-8-14/h1-10H. The van der Waals surface area contributed by atoms with Crippen LogP contribution >= 0.6 is 11.6 Å². The zero-order valence-corrected chi connectivity index (χ0v) is 11.6. The predicted molar refractivity (Wildman–Crippen MR) is 79.4 cm³/mol. The zero-order chi connectivity index (χ0) is 14.8. The van der Waals surface area contributed by atoms with Crippen LogP contribution in [-0.4, -0.2) is 16.1 Å². The molecule has 0 aliphatic rings. The Balaban J connectivity index is 2.08. The normalized spacial score (nSPS) is 10.6. The topological polar surface area (TPSA) is 34.9 Å². The number of hydrogen-bond acceptors (Lipinski definition) is 2. The quantitative estimate of drug-likeness (QED) is 0.681. The summed E-state index contributed by atoms with van der Waals surface area (Å²) in [6, 6.07) is 14.6. The molecule has 0 atom stereocenters. The first kappa shape index (κ1) is 13.5. The van der Waals surface area contributed by atoms with Crippen LogP contribution < -0.4 is 0 Å². The molecule has 3 nitrogen and oxygen atoms in total. The molecule has 3 aromatic rings. The largest absolute Gasteiger partial charge is 0.296 e. The van der Waals surface area contributed by atoms with Gasteiger partial charge in [0.2, 0.25) is 0 Å². The van der Waals surface area contributed by atoms with E-state index in [1.54, 1.807) is 30.3 Å². The summed E-state index contributed by atoms with van der Waals surface area (Å²) in [6.45, 7) is 0. The van der Waals surface area contributed by atoms with Gasteiger partial charge in [-0.2, -0.15) is 5.10 Å². The third kappa shape index (κ3) is 2.71. The van der Waals surface area contributed by atoms with Crippen LogP contribution in [0.15, 0.2) is 54.6 Å². The first-order chi connectivity index (χ1) is 10.2. The first-order valence-corrected chi connectivity index (χ1v) is 6.62. The highest BCUT2D eigenvalue weighted by atomic mass is 35.5. The number of halogens is 2. The highest BCUT2D eigenvalue weighted by Crippen LogP contribution is 2.22. The van der Waals surface area contributed by atoms with E-state index < -0.39 is 0 Å². The lowest BCUT2D eigenvalue weighted by Gasteiger charge is -2.03. The maximum Gasteiger partial charge on any atom is 0.168 e. The van der Waals surface area contributed by atoms with Crippen molar-refractivity contribution in [3.05, 3.63) is 71.1 Å². The van der Waals surface area contributed by atoms with Gasteiger partial charge in [-0.1, -0.05) is 23.7 Å². The van der Waals surface area contributed by atoms with Gasteiger partial charge in [-0.3, -0.25) is 4.79 Å². The third-order valence-electron chi connectivity index (χ3n) is 3.07. The van der Waals surface area contributed by atoms with Gasteiger partial charge in [0.15, 0.2) is 6.29 Å². The molecule has 3 rings (SSSR count). The minimum absolute atomic E-state index is 0.337. The van der Waals surface area contributed by atoms with Crippen molar-refractivity contribution in [2.24, 2.45) is 0 Å². The molecule has 0 N–H and O–H groups in total. The summed E-state index contributed by atoms with van der Waals surface area (Å²) in [5.41, 5.74) is 2.52. The lowest BCUT2D eigenvalue weighted by atomic mass is 10.1. The number of nitrogens with zero attached hydrogens (tertiary/aromatic N) is 2. The average molecular weight is 301 g/mol. The van der Waals surface area contributed by atoms with Crippen molar-refractivity contribution in [1.29, 1.82) is 0 Å². The van der Waals surface area contributed by atoms with Crippen molar-refractivity contribution in [3.63, 3.8) is 0 Å². The molecule has 0 fully saturated rings. The highest BCUT2D eigenvalue weighted by molar-refractivity contribution is 6.30. The van der Waals surface area contributed by atoms with Gasteiger partial charge >= 0.3 is 0 Å². The van der Waals surface area contributed by atoms with Crippen LogP contribution in [0.3, 0.4) is 0 Å². The van der Waals surface area contributed by atoms with E-state index in [4.69, 9.17) is 11.6 Å². The van der Waals surface area contributed by atoms with Gasteiger partial charge in [0, 0.05) is 10.6 Å². The minimum atomic E-state index is -0.337. The Bertz CT molecular complexity index is 779. The van der Waals surface area contributed by atoms with Crippen LogP contribution in [0.1, 0.15) is 10.5 Å². The molecular weight excluding hydrogens is 291 g/mol. The third-order valence-corrected chi connectivity index (χ3v) is 3.32. The van der Waals surface area contributed by atoms with E-state index in [-0.39, 0.29) is 5.82 Å². The van der Waals surface area contributed by atoms with E-state index >= 15 is 0 Å². The van der Waals surface area contributed by atoms with Crippen LogP contribution in [0.25, 0.3) is 16.9 Å². The summed E-state index contributed by atoms with van der Waals surface area (Å²) in [4.78, 5) is 11.2. The van der Waals surface area contributed by atoms with Crippen LogP contribution in [0, 0.1) is 5.82 Å². The molecule has 0 spiro atoms. The van der Waals surface area contributed by atoms with Crippen molar-refractivity contribution in [1.82, 2.24) is 9.78 Å². The summed E-state index contributed by atoms with van der Waals surface area (Å²) in [6.07, 6.45) is 0.718. The molecule has 0 amide bonds. The first-order valence-electron chi connectivity index (χ1n) is 6.24. The van der Waals surface area contributed by atoms with Crippen LogP contribution in [0.5, 0.6) is 0 Å². The Morgan fingerprint density at radius 1 is 1.05 bits per heavy atom. The van der Waals surface area contributed by atoms with Gasteiger partial charge < -0.3 is 0 Å². The lowest BCUT2D eigenvalue weighted by molar-refractivity contribution is 0.111. The molecule has 0 bridgehead atoms. The van der Waals surface area contributed by atoms with Crippen LogP contribution in [0.4, 0.5) is 4.39 Å². The van der Waals surface area contributed by atoms with E-state index in [1.807, 2.05) is 12.1 Å². The Hall–Kier alpha value is -2.46. The van der Waals surface area contributed by atoms with E-state index in [0.29, 0.717) is 22.1 Å². The lowest BCUT2D eigenvalue weighted by Crippen LogP contribution is -2.01. The van der Waals surface area contributed by atoms with Gasteiger partial charge in [-0.05, 0) is 42.5 Å². The number of carbonyl (C=O) groups excluding carboxylic acids is 1. The van der Waals surface area contributed by atoms with Gasteiger partial charge in [0.05, 0.1) is 11.4 Å². The van der Waals surface area contributed by atoms with Crippen molar-refractivity contribution < 1.29 is 9.18 Å². The number of hydrogen-bond donors (Lipinski definition) is 0. The molecule has 5 heteroatoms. The van der Waals surface area contributed by atoms with E-state index in [9.17, 15) is 9.18 Å². The Kier molecular flexibility index (Phi) is 3.54. The van der Waals surface area contributed by atoms with Crippen LogP contribution in [-0.2, 0) is 0 Å². The molecule has 21 heavy (non-hydrogen) atoms. The fourth-order valence-electron chi connectivity index (χ4n) is 2.03. The predicted octanol–water partition coefficient (Wildman–Crippen LogP) is 4.14. The molecule has 0 unspecified atom stereocenters. The van der Waals surface area contributed by atoms with E-state index in [1.165, 1.54) is 16.8 Å². The maximum absolute atomic E-state index is 13.0. The molecule has 0 aliphatic carbocycles. The smallest absolute Gasteiger partial charge is 0.168 e. The second-order valence-electron chi connectivity index (χ2n) is 4.47. The molecule has 1 aromatic heterocycles. The Morgan fingerprint density at radius 2 is 1.71 bits per heavy atom. The zero-order valence-electron chi connectivity index (χ0n) is 10.8. The highest BCUT2D eigenvalue weighted by Gasteiger charge is 2.10. The molecule has 104 valence electrons. The number of rotatable bonds is 3. The monoisotopic (exact) mass is 300 g/mol. The SMILES string of the molecule is O=Cc1cc(-c2ccc(Cl)cc2)nn1-c1ccc(F)cc1. The second-order valence-corrected chi connectivity index (χ2v) is 4.90. The number of aldehydes is 1. The molecular formula is C16H10ClFN2O. The summed E-state index contributed by atoms with van der Waals surface area (Å²) in [5, 5.41) is 5.03. The summed E-state index contributed by atoms with van der Waals surface area (Å²) < 4.78 is 14.5. The summed E-state index contributed by atoms with van der Waals surface area (Å²) in [7, 11) is 0. The van der Waals surface area contributed by atoms with E-state index in [2.05, 4.69) is 5.10 Å². The molecule has 0 saturated carbocycles. The average Bonchev–Trinajstić information content (AvgIpc) is 2.93. The van der Waals surface area contributed by atoms with Crippen molar-refractivity contribution >= 4 is 17.9 Å². The Labute approximate surface area is 125 Å². The molecule has 0 aliphatic heterocycles. The molecule has 0 radical (unpaired) electrons. The van der Waals surface area contributed by atoms with Gasteiger partial charge in [0.1, 0.15) is 11.5 Å². The fourth-order valence-corrected chi connectivity index (χ4v) is 2.16. The number of carbonyl (C=O) groups is 1. The van der Waals surface area contributed by atoms with Crippen LogP contribution in [0.2, 0.25) is 5.02 Å². The van der Waals surface area contributed by atoms with E-state index in [0.717, 1.165) is 11.8 Å². The second kappa shape index (κ2) is 5.50. The molecule has 0 saturated heterocycles. The van der Waals surface area contributed by atoms with Gasteiger partial charge in [-0.15, -0.1) is 0 Å². The van der Waals surface area contributed by atoms with Gasteiger partial charge in [0.25, 0.3) is 0 Å². The summed E-state index contributed by atoms with van der Waals surface area (Å²) >= 11 is 5.86. The molecule has 1 heterocycles. The van der Waals surface area contributed by atoms with Gasteiger partial charge in [-0.25, -0.2) is 9.07 Å². The van der Waals surface area contributed by atoms with Crippen molar-refractivity contribution in [2.45, 2.75) is 0 Å². The van der Waals surface area contributed by atoms with Crippen molar-refractivity contribution in [3.8, 4) is 16.9 Å². The van der Waals surface area contributed by atoms with Crippen molar-refractivity contribution in [2.75, 3.05) is 0 Å². The maximum atomic E-state index is 13.0. The molecule has 2 aromatic carbocycles. The Morgan fingerprint density at radius 3 is 2.33 bits per heavy atom. The minimum Gasteiger partial charge on any atom is -0.296 e. The number of aromatic nitrogens is 2. The number of benzene rings is 2. The summed E-state index contributed by atoms with van der Waals surface area (Å²) in [5.74, 6) is -0.337.